The fourth-order valence-electron chi connectivity index (χ4n) is 6.10. The third-order valence-electron chi connectivity index (χ3n) is 8.00. The van der Waals surface area contributed by atoms with Crippen molar-refractivity contribution in [2.75, 3.05) is 0 Å². The average molecular weight is 512 g/mol. The Hall–Kier alpha value is -5.21. The van der Waals surface area contributed by atoms with Crippen molar-refractivity contribution >= 4 is 43.1 Å². The number of pyridine rings is 1. The summed E-state index contributed by atoms with van der Waals surface area (Å²) in [7, 11) is 0. The van der Waals surface area contributed by atoms with Crippen LogP contribution >= 0.6 is 0 Å². The number of ether oxygens (including phenoxy) is 1. The zero-order valence-electron chi connectivity index (χ0n) is 21.8. The van der Waals surface area contributed by atoms with E-state index in [-0.39, 0.29) is 6.10 Å². The van der Waals surface area contributed by atoms with Crippen molar-refractivity contribution in [2.45, 2.75) is 6.10 Å². The van der Waals surface area contributed by atoms with Crippen LogP contribution in [0, 0.1) is 0 Å². The van der Waals surface area contributed by atoms with Gasteiger partial charge in [0.05, 0.1) is 17.6 Å². The average Bonchev–Trinajstić information content (AvgIpc) is 3.04. The number of allylic oxidation sites excluding steroid dienone is 2. The van der Waals surface area contributed by atoms with Gasteiger partial charge in [-0.3, -0.25) is 0 Å². The molecule has 0 bridgehead atoms. The first-order valence-electron chi connectivity index (χ1n) is 13.7. The molecule has 0 fully saturated rings. The number of rotatable bonds is 3. The first-order valence-corrected chi connectivity index (χ1v) is 13.7. The van der Waals surface area contributed by atoms with Crippen LogP contribution in [0.2, 0.25) is 0 Å². The monoisotopic (exact) mass is 511 g/mol. The molecule has 2 heterocycles. The lowest BCUT2D eigenvalue weighted by Crippen LogP contribution is -2.04. The summed E-state index contributed by atoms with van der Waals surface area (Å²) >= 11 is 0. The van der Waals surface area contributed by atoms with Crippen molar-refractivity contribution in [2.24, 2.45) is 0 Å². The Morgan fingerprint density at radius 3 is 1.80 bits per heavy atom. The van der Waals surface area contributed by atoms with Crippen LogP contribution in [-0.4, -0.2) is 4.98 Å². The molecule has 6 aromatic carbocycles. The number of benzene rings is 6. The number of hydrogen-bond donors (Lipinski definition) is 0. The van der Waals surface area contributed by atoms with Crippen LogP contribution in [0.5, 0.6) is 0 Å². The van der Waals surface area contributed by atoms with Crippen molar-refractivity contribution in [1.82, 2.24) is 4.98 Å². The van der Waals surface area contributed by atoms with E-state index in [2.05, 4.69) is 127 Å². The summed E-state index contributed by atoms with van der Waals surface area (Å²) in [5.74, 6) is 0. The predicted molar refractivity (Wildman–Crippen MR) is 167 cm³/mol. The van der Waals surface area contributed by atoms with Crippen molar-refractivity contribution in [1.29, 1.82) is 0 Å². The molecule has 1 aliphatic rings. The molecule has 0 N–H and O–H groups in total. The minimum Gasteiger partial charge on any atom is -0.488 e. The summed E-state index contributed by atoms with van der Waals surface area (Å²) in [6.45, 7) is 0. The third-order valence-corrected chi connectivity index (χ3v) is 8.00. The number of hydrogen-bond acceptors (Lipinski definition) is 2. The van der Waals surface area contributed by atoms with Crippen LogP contribution in [0.4, 0.5) is 0 Å². The topological polar surface area (TPSA) is 22.1 Å². The van der Waals surface area contributed by atoms with Crippen LogP contribution in [0.1, 0.15) is 11.8 Å². The van der Waals surface area contributed by atoms with Crippen LogP contribution < -0.4 is 0 Å². The smallest absolute Gasteiger partial charge is 0.158 e. The lowest BCUT2D eigenvalue weighted by molar-refractivity contribution is 0.182. The molecule has 1 atom stereocenters. The van der Waals surface area contributed by atoms with Crippen molar-refractivity contribution in [3.8, 4) is 22.4 Å². The standard InChI is InChI=1S/C38H25NO/c1-3-11-28-25(9-1)18-20-33-30(13-7-14-31(28)33)27-23-36(39-37(24-27)38-17-5-6-22-40-38)35-16-8-15-32-29-12-4-2-10-26(29)19-21-34(32)35/h1-24,38H. The van der Waals surface area contributed by atoms with Gasteiger partial charge in [-0.1, -0.05) is 115 Å². The maximum absolute atomic E-state index is 6.01. The molecule has 2 heteroatoms. The first-order chi connectivity index (χ1) is 19.8. The van der Waals surface area contributed by atoms with Gasteiger partial charge in [0.25, 0.3) is 0 Å². The normalized spacial score (nSPS) is 14.8. The molecule has 0 aliphatic carbocycles. The van der Waals surface area contributed by atoms with Gasteiger partial charge < -0.3 is 4.74 Å². The fourth-order valence-corrected chi connectivity index (χ4v) is 6.10. The van der Waals surface area contributed by atoms with Gasteiger partial charge in [0.2, 0.25) is 0 Å². The molecule has 0 spiro atoms. The van der Waals surface area contributed by atoms with Crippen molar-refractivity contribution < 1.29 is 4.74 Å². The Morgan fingerprint density at radius 2 is 1.12 bits per heavy atom. The highest BCUT2D eigenvalue weighted by Crippen LogP contribution is 2.38. The van der Waals surface area contributed by atoms with E-state index in [4.69, 9.17) is 9.72 Å². The van der Waals surface area contributed by atoms with E-state index >= 15 is 0 Å². The highest BCUT2D eigenvalue weighted by molar-refractivity contribution is 6.13. The Bertz CT molecular complexity index is 2020. The predicted octanol–water partition coefficient (Wildman–Crippen LogP) is 10.2. The van der Waals surface area contributed by atoms with Crippen molar-refractivity contribution in [3.63, 3.8) is 0 Å². The Balaban J connectivity index is 1.39. The molecule has 1 unspecified atom stereocenters. The van der Waals surface area contributed by atoms with Crippen molar-refractivity contribution in [3.05, 3.63) is 152 Å². The molecule has 40 heavy (non-hydrogen) atoms. The van der Waals surface area contributed by atoms with E-state index in [9.17, 15) is 0 Å². The lowest BCUT2D eigenvalue weighted by Gasteiger charge is -2.18. The fraction of sp³-hybridized carbons (Fsp3) is 0.0263. The summed E-state index contributed by atoms with van der Waals surface area (Å²) in [4.78, 5) is 5.20. The molecule has 0 radical (unpaired) electrons. The van der Waals surface area contributed by atoms with E-state index in [1.54, 1.807) is 6.26 Å². The van der Waals surface area contributed by atoms with Gasteiger partial charge in [-0.25, -0.2) is 4.98 Å². The molecule has 1 aromatic heterocycles. The van der Waals surface area contributed by atoms with Gasteiger partial charge in [0, 0.05) is 5.56 Å². The maximum atomic E-state index is 6.01. The van der Waals surface area contributed by atoms with E-state index < -0.39 is 0 Å². The molecule has 0 saturated heterocycles. The van der Waals surface area contributed by atoms with Gasteiger partial charge in [-0.2, -0.15) is 0 Å². The second-order valence-electron chi connectivity index (χ2n) is 10.3. The number of aromatic nitrogens is 1. The number of fused-ring (bicyclic) bond motifs is 6. The second kappa shape index (κ2) is 9.21. The quantitative estimate of drug-likeness (QED) is 0.220. The zero-order valence-corrected chi connectivity index (χ0v) is 21.8. The lowest BCUT2D eigenvalue weighted by atomic mass is 9.92. The largest absolute Gasteiger partial charge is 0.488 e. The molecule has 0 amide bonds. The van der Waals surface area contributed by atoms with Gasteiger partial charge in [0.1, 0.15) is 0 Å². The second-order valence-corrected chi connectivity index (χ2v) is 10.3. The molecule has 2 nitrogen and oxygen atoms in total. The van der Waals surface area contributed by atoms with E-state index in [1.807, 2.05) is 12.2 Å². The molecular formula is C38H25NO. The SMILES string of the molecule is C1=COC(c2cc(-c3cccc4c3ccc3ccccc34)cc(-c3cccc4c3ccc3ccccc34)n2)C=C1. The molecule has 1 aliphatic heterocycles. The third kappa shape index (κ3) is 3.69. The highest BCUT2D eigenvalue weighted by atomic mass is 16.5. The molecule has 188 valence electrons. The van der Waals surface area contributed by atoms with Crippen LogP contribution in [-0.2, 0) is 4.74 Å². The Labute approximate surface area is 232 Å². The minimum absolute atomic E-state index is 0.240. The molecule has 0 saturated carbocycles. The summed E-state index contributed by atoms with van der Waals surface area (Å²) in [5.41, 5.74) is 5.27. The molecule has 8 rings (SSSR count). The summed E-state index contributed by atoms with van der Waals surface area (Å²) in [6.07, 6.45) is 7.49. The maximum Gasteiger partial charge on any atom is 0.158 e. The Morgan fingerprint density at radius 1 is 0.500 bits per heavy atom. The molecule has 7 aromatic rings. The summed E-state index contributed by atoms with van der Waals surface area (Å²) < 4.78 is 6.01. The summed E-state index contributed by atoms with van der Waals surface area (Å²) in [6, 6.07) is 43.6. The van der Waals surface area contributed by atoms with Crippen LogP contribution in [0.3, 0.4) is 0 Å². The van der Waals surface area contributed by atoms with E-state index in [0.29, 0.717) is 0 Å². The molecular weight excluding hydrogens is 486 g/mol. The minimum atomic E-state index is -0.240. The van der Waals surface area contributed by atoms with Crippen LogP contribution in [0.15, 0.2) is 146 Å². The summed E-state index contributed by atoms with van der Waals surface area (Å²) in [5, 5.41) is 9.92. The Kier molecular flexibility index (Phi) is 5.24. The highest BCUT2D eigenvalue weighted by Gasteiger charge is 2.18. The zero-order chi connectivity index (χ0) is 26.5. The number of nitrogens with zero attached hydrogens (tertiary/aromatic N) is 1. The van der Waals surface area contributed by atoms with Gasteiger partial charge in [0.15, 0.2) is 6.10 Å². The van der Waals surface area contributed by atoms with Gasteiger partial charge in [-0.05, 0) is 78.5 Å². The van der Waals surface area contributed by atoms with Gasteiger partial charge >= 0.3 is 0 Å². The van der Waals surface area contributed by atoms with Gasteiger partial charge in [-0.15, -0.1) is 0 Å². The van der Waals surface area contributed by atoms with E-state index in [0.717, 1.165) is 22.5 Å². The van der Waals surface area contributed by atoms with Crippen LogP contribution in [0.25, 0.3) is 65.5 Å². The van der Waals surface area contributed by atoms with E-state index in [1.165, 1.54) is 48.7 Å². The first kappa shape index (κ1) is 22.7.